The molecule has 4 rings (SSSR count). The van der Waals surface area contributed by atoms with Gasteiger partial charge in [-0.1, -0.05) is 36.4 Å². The highest BCUT2D eigenvalue weighted by Crippen LogP contribution is 2.29. The van der Waals surface area contributed by atoms with Crippen molar-refractivity contribution in [2.75, 3.05) is 46.4 Å². The number of likely N-dealkylation sites (tertiary alicyclic amines) is 1. The van der Waals surface area contributed by atoms with Gasteiger partial charge in [-0.15, -0.1) is 0 Å². The van der Waals surface area contributed by atoms with Gasteiger partial charge in [0.25, 0.3) is 0 Å². The van der Waals surface area contributed by atoms with Crippen LogP contribution in [0, 0.1) is 11.3 Å². The standard InChI is InChI=1S/C27H33N5O5/c1-30-10-12-31(13-11-30)24(33)16-32-22(14-21(27(32)36)15-25(34)35)17-37-23-8-6-19(7-9-23)18-2-4-20(5-3-18)26(28)29/h2-9,21-22H,10-17H2,1H3,(H3,28,29)(H,34,35)/t21-,22-/m0/s1. The molecule has 37 heavy (non-hydrogen) atoms. The van der Waals surface area contributed by atoms with Crippen molar-refractivity contribution in [2.24, 2.45) is 11.7 Å². The lowest BCUT2D eigenvalue weighted by Gasteiger charge is -2.34. The molecule has 10 nitrogen and oxygen atoms in total. The van der Waals surface area contributed by atoms with Crippen LogP contribution in [0.4, 0.5) is 0 Å². The van der Waals surface area contributed by atoms with Crippen LogP contribution in [0.3, 0.4) is 0 Å². The molecular weight excluding hydrogens is 474 g/mol. The van der Waals surface area contributed by atoms with Gasteiger partial charge in [-0.3, -0.25) is 19.8 Å². The number of carboxylic acid groups (broad SMARTS) is 1. The van der Waals surface area contributed by atoms with Crippen LogP contribution in [0.15, 0.2) is 48.5 Å². The summed E-state index contributed by atoms with van der Waals surface area (Å²) >= 11 is 0. The summed E-state index contributed by atoms with van der Waals surface area (Å²) in [6.07, 6.45) is 0.0768. The molecule has 2 atom stereocenters. The van der Waals surface area contributed by atoms with Gasteiger partial charge in [0.15, 0.2) is 0 Å². The zero-order valence-corrected chi connectivity index (χ0v) is 20.9. The fraction of sp³-hybridized carbons (Fsp3) is 0.407. The van der Waals surface area contributed by atoms with Gasteiger partial charge in [0.05, 0.1) is 18.4 Å². The van der Waals surface area contributed by atoms with E-state index < -0.39 is 11.9 Å². The van der Waals surface area contributed by atoms with Crippen LogP contribution in [0.2, 0.25) is 0 Å². The Morgan fingerprint density at radius 2 is 1.62 bits per heavy atom. The largest absolute Gasteiger partial charge is 0.491 e. The lowest BCUT2D eigenvalue weighted by Crippen LogP contribution is -2.51. The summed E-state index contributed by atoms with van der Waals surface area (Å²) in [5, 5.41) is 16.8. The Hall–Kier alpha value is -3.92. The van der Waals surface area contributed by atoms with Crippen LogP contribution in [-0.4, -0.2) is 95.8 Å². The molecule has 0 unspecified atom stereocenters. The fourth-order valence-electron chi connectivity index (χ4n) is 4.80. The van der Waals surface area contributed by atoms with Crippen LogP contribution in [-0.2, 0) is 14.4 Å². The van der Waals surface area contributed by atoms with Crippen molar-refractivity contribution in [1.29, 1.82) is 5.41 Å². The smallest absolute Gasteiger partial charge is 0.304 e. The molecule has 0 bridgehead atoms. The molecule has 2 heterocycles. The van der Waals surface area contributed by atoms with Crippen molar-refractivity contribution in [3.63, 3.8) is 0 Å². The maximum atomic E-state index is 13.0. The zero-order chi connectivity index (χ0) is 26.5. The number of likely N-dealkylation sites (N-methyl/N-ethyl adjacent to an activating group) is 1. The first-order valence-corrected chi connectivity index (χ1v) is 12.4. The van der Waals surface area contributed by atoms with Gasteiger partial charge in [0, 0.05) is 31.7 Å². The minimum absolute atomic E-state index is 0.0190. The number of carbonyl (C=O) groups excluding carboxylic acids is 2. The SMILES string of the molecule is CN1CCN(C(=O)CN2C(=O)[C@H](CC(=O)O)C[C@H]2COc2ccc(-c3ccc(C(=N)N)cc3)cc2)CC1. The molecule has 2 aromatic carbocycles. The zero-order valence-electron chi connectivity index (χ0n) is 20.9. The molecule has 0 radical (unpaired) electrons. The Labute approximate surface area is 216 Å². The highest BCUT2D eigenvalue weighted by atomic mass is 16.5. The average Bonchev–Trinajstić information content (AvgIpc) is 3.16. The third-order valence-electron chi connectivity index (χ3n) is 7.04. The van der Waals surface area contributed by atoms with E-state index >= 15 is 0 Å². The van der Waals surface area contributed by atoms with Crippen molar-refractivity contribution in [1.82, 2.24) is 14.7 Å². The number of nitrogens with one attached hydrogen (secondary N) is 1. The quantitative estimate of drug-likeness (QED) is 0.345. The van der Waals surface area contributed by atoms with Crippen LogP contribution < -0.4 is 10.5 Å². The van der Waals surface area contributed by atoms with Crippen molar-refractivity contribution < 1.29 is 24.2 Å². The second-order valence-corrected chi connectivity index (χ2v) is 9.66. The summed E-state index contributed by atoms with van der Waals surface area (Å²) in [6, 6.07) is 14.5. The number of nitrogen functional groups attached to an aromatic ring is 1. The molecule has 10 heteroatoms. The van der Waals surface area contributed by atoms with Crippen molar-refractivity contribution in [3.05, 3.63) is 54.1 Å². The molecule has 2 aliphatic heterocycles. The number of hydrogen-bond donors (Lipinski definition) is 3. The Bertz CT molecular complexity index is 1140. The Kier molecular flexibility index (Phi) is 8.08. The van der Waals surface area contributed by atoms with Crippen LogP contribution in [0.1, 0.15) is 18.4 Å². The summed E-state index contributed by atoms with van der Waals surface area (Å²) in [5.41, 5.74) is 8.12. The number of ether oxygens (including phenoxy) is 1. The Morgan fingerprint density at radius 1 is 1.03 bits per heavy atom. The number of rotatable bonds is 9. The number of piperazine rings is 1. The Morgan fingerprint density at radius 3 is 2.19 bits per heavy atom. The number of nitrogens with zero attached hydrogens (tertiary/aromatic N) is 3. The molecular formula is C27H33N5O5. The van der Waals surface area contributed by atoms with Gasteiger partial charge >= 0.3 is 5.97 Å². The monoisotopic (exact) mass is 507 g/mol. The average molecular weight is 508 g/mol. The molecule has 0 saturated carbocycles. The normalized spacial score (nSPS) is 20.2. The number of carbonyl (C=O) groups is 3. The van der Waals surface area contributed by atoms with E-state index in [1.54, 1.807) is 17.0 Å². The fourth-order valence-corrected chi connectivity index (χ4v) is 4.80. The number of carboxylic acids is 1. The summed E-state index contributed by atoms with van der Waals surface area (Å²) in [4.78, 5) is 42.6. The van der Waals surface area contributed by atoms with Crippen LogP contribution in [0.25, 0.3) is 11.1 Å². The molecule has 196 valence electrons. The second kappa shape index (κ2) is 11.4. The van der Waals surface area contributed by atoms with E-state index in [2.05, 4.69) is 4.90 Å². The highest BCUT2D eigenvalue weighted by Gasteiger charge is 2.42. The number of hydrogen-bond acceptors (Lipinski definition) is 6. The first kappa shape index (κ1) is 26.2. The van der Waals surface area contributed by atoms with Gasteiger partial charge in [0.1, 0.15) is 24.7 Å². The van der Waals surface area contributed by atoms with Crippen molar-refractivity contribution in [2.45, 2.75) is 18.9 Å². The predicted molar refractivity (Wildman–Crippen MR) is 138 cm³/mol. The molecule has 2 fully saturated rings. The molecule has 2 saturated heterocycles. The highest BCUT2D eigenvalue weighted by molar-refractivity contribution is 5.95. The van der Waals surface area contributed by atoms with E-state index in [9.17, 15) is 19.5 Å². The molecule has 0 aliphatic carbocycles. The van der Waals surface area contributed by atoms with E-state index in [1.165, 1.54) is 4.90 Å². The molecule has 2 aromatic rings. The maximum Gasteiger partial charge on any atom is 0.304 e. The summed E-state index contributed by atoms with van der Waals surface area (Å²) < 4.78 is 5.99. The van der Waals surface area contributed by atoms with Crippen LogP contribution >= 0.6 is 0 Å². The molecule has 0 spiro atoms. The minimum atomic E-state index is -1.03. The topological polar surface area (TPSA) is 140 Å². The van der Waals surface area contributed by atoms with Crippen molar-refractivity contribution >= 4 is 23.6 Å². The predicted octanol–water partition coefficient (Wildman–Crippen LogP) is 1.48. The van der Waals surface area contributed by atoms with E-state index in [4.69, 9.17) is 15.9 Å². The third kappa shape index (κ3) is 6.45. The number of amides is 2. The van der Waals surface area contributed by atoms with E-state index in [0.29, 0.717) is 30.8 Å². The minimum Gasteiger partial charge on any atom is -0.491 e. The van der Waals surface area contributed by atoms with Gasteiger partial charge < -0.3 is 30.3 Å². The Balaban J connectivity index is 1.40. The lowest BCUT2D eigenvalue weighted by molar-refractivity contribution is -0.144. The van der Waals surface area contributed by atoms with Gasteiger partial charge in [0.2, 0.25) is 11.8 Å². The van der Waals surface area contributed by atoms with Gasteiger partial charge in [-0.2, -0.15) is 0 Å². The van der Waals surface area contributed by atoms with E-state index in [0.717, 1.165) is 24.2 Å². The third-order valence-corrected chi connectivity index (χ3v) is 7.04. The van der Waals surface area contributed by atoms with Gasteiger partial charge in [-0.25, -0.2) is 0 Å². The molecule has 4 N–H and O–H groups in total. The van der Waals surface area contributed by atoms with Gasteiger partial charge in [-0.05, 0) is 36.7 Å². The molecule has 2 amide bonds. The first-order chi connectivity index (χ1) is 17.7. The molecule has 2 aliphatic rings. The number of aliphatic carboxylic acids is 1. The number of nitrogens with two attached hydrogens (primary N) is 1. The number of benzene rings is 2. The summed E-state index contributed by atoms with van der Waals surface area (Å²) in [7, 11) is 2.01. The summed E-state index contributed by atoms with van der Waals surface area (Å²) in [6.45, 7) is 2.89. The summed E-state index contributed by atoms with van der Waals surface area (Å²) in [5.74, 6) is -1.48. The second-order valence-electron chi connectivity index (χ2n) is 9.66. The lowest BCUT2D eigenvalue weighted by atomic mass is 10.0. The van der Waals surface area contributed by atoms with Crippen molar-refractivity contribution in [3.8, 4) is 16.9 Å². The van der Waals surface area contributed by atoms with Crippen LogP contribution in [0.5, 0.6) is 5.75 Å². The molecule has 0 aromatic heterocycles. The number of amidine groups is 1. The maximum absolute atomic E-state index is 13.0. The first-order valence-electron chi connectivity index (χ1n) is 12.4. The van der Waals surface area contributed by atoms with E-state index in [-0.39, 0.29) is 43.3 Å². The van der Waals surface area contributed by atoms with E-state index in [1.807, 2.05) is 43.4 Å².